The topological polar surface area (TPSA) is 54.9 Å². The molecule has 6 aromatic rings. The van der Waals surface area contributed by atoms with E-state index < -0.39 is 0 Å². The van der Waals surface area contributed by atoms with Gasteiger partial charge in [-0.05, 0) is 61.2 Å². The fourth-order valence-electron chi connectivity index (χ4n) is 4.90. The predicted molar refractivity (Wildman–Crippen MR) is 152 cm³/mol. The summed E-state index contributed by atoms with van der Waals surface area (Å²) in [5.41, 5.74) is 4.59. The third kappa shape index (κ3) is 4.09. The maximum absolute atomic E-state index is 13.0. The van der Waals surface area contributed by atoms with Crippen molar-refractivity contribution in [1.29, 1.82) is 0 Å². The first-order valence-electron chi connectivity index (χ1n) is 12.6. The van der Waals surface area contributed by atoms with Crippen molar-refractivity contribution >= 4 is 43.6 Å². The van der Waals surface area contributed by atoms with Crippen LogP contribution in [0.25, 0.3) is 43.6 Å². The quantitative estimate of drug-likeness (QED) is 0.272. The summed E-state index contributed by atoms with van der Waals surface area (Å²) in [6, 6.07) is 29.4. The number of hydrogen-bond donors (Lipinski definition) is 1. The second-order valence-corrected chi connectivity index (χ2v) is 9.23. The van der Waals surface area contributed by atoms with Crippen LogP contribution in [0.15, 0.2) is 101 Å². The van der Waals surface area contributed by atoms with Crippen molar-refractivity contribution in [2.45, 2.75) is 39.7 Å². The molecule has 0 aliphatic heterocycles. The molecule has 1 atom stereocenters. The Labute approximate surface area is 209 Å². The van der Waals surface area contributed by atoms with Gasteiger partial charge >= 0.3 is 0 Å². The van der Waals surface area contributed by atoms with Crippen LogP contribution in [0.3, 0.4) is 0 Å². The fourth-order valence-corrected chi connectivity index (χ4v) is 4.90. The smallest absolute Gasteiger partial charge is 0.197 e. The number of H-pyrrole nitrogens is 1. The first-order chi connectivity index (χ1) is 17.5. The molecule has 1 N–H and O–H groups in total. The van der Waals surface area contributed by atoms with E-state index in [1.54, 1.807) is 0 Å². The van der Waals surface area contributed by atoms with Crippen LogP contribution in [-0.2, 0) is 6.54 Å². The Hall–Kier alpha value is -4.18. The lowest BCUT2D eigenvalue weighted by Crippen LogP contribution is -2.12. The van der Waals surface area contributed by atoms with Gasteiger partial charge in [0, 0.05) is 33.6 Å². The lowest BCUT2D eigenvalue weighted by atomic mass is 9.99. The highest BCUT2D eigenvalue weighted by Crippen LogP contribution is 2.24. The molecule has 0 saturated heterocycles. The lowest BCUT2D eigenvalue weighted by Gasteiger charge is -2.14. The number of pyridine rings is 2. The van der Waals surface area contributed by atoms with E-state index >= 15 is 0 Å². The van der Waals surface area contributed by atoms with Crippen molar-refractivity contribution < 1.29 is 0 Å². The molecular formula is C32H30N2O2. The molecule has 4 aromatic carbocycles. The van der Waals surface area contributed by atoms with E-state index in [4.69, 9.17) is 0 Å². The highest BCUT2D eigenvalue weighted by atomic mass is 16.1. The minimum absolute atomic E-state index is 0.00351. The lowest BCUT2D eigenvalue weighted by molar-refractivity contribution is 0.733. The van der Waals surface area contributed by atoms with Gasteiger partial charge in [0.1, 0.15) is 0 Å². The van der Waals surface area contributed by atoms with E-state index in [-0.39, 0.29) is 10.9 Å². The molecule has 0 bridgehead atoms. The highest BCUT2D eigenvalue weighted by molar-refractivity contribution is 6.03. The van der Waals surface area contributed by atoms with Gasteiger partial charge in [-0.15, -0.1) is 0 Å². The van der Waals surface area contributed by atoms with E-state index in [2.05, 4.69) is 53.7 Å². The Morgan fingerprint density at radius 3 is 2.03 bits per heavy atom. The van der Waals surface area contributed by atoms with Crippen molar-refractivity contribution in [2.24, 2.45) is 0 Å². The normalized spacial score (nSPS) is 12.1. The fraction of sp³-hybridized carbons (Fsp3) is 0.188. The maximum atomic E-state index is 13.0. The van der Waals surface area contributed by atoms with E-state index in [0.717, 1.165) is 16.6 Å². The van der Waals surface area contributed by atoms with Crippen LogP contribution >= 0.6 is 0 Å². The molecule has 0 spiro atoms. The number of hydrogen-bond acceptors (Lipinski definition) is 2. The number of nitrogens with one attached hydrogen (secondary N) is 1. The zero-order chi connectivity index (χ0) is 25.2. The average Bonchev–Trinajstić information content (AvgIpc) is 2.93. The van der Waals surface area contributed by atoms with Crippen LogP contribution < -0.4 is 10.9 Å². The van der Waals surface area contributed by atoms with Crippen LogP contribution in [0.1, 0.15) is 38.7 Å². The highest BCUT2D eigenvalue weighted by Gasteiger charge is 2.13. The third-order valence-electron chi connectivity index (χ3n) is 7.09. The van der Waals surface area contributed by atoms with Crippen molar-refractivity contribution in [3.63, 3.8) is 0 Å². The monoisotopic (exact) mass is 474 g/mol. The Balaban J connectivity index is 0.000000226. The molecular weight excluding hydrogens is 444 g/mol. The molecule has 0 saturated carbocycles. The average molecular weight is 475 g/mol. The summed E-state index contributed by atoms with van der Waals surface area (Å²) >= 11 is 0. The van der Waals surface area contributed by atoms with Gasteiger partial charge < -0.3 is 9.55 Å². The van der Waals surface area contributed by atoms with Gasteiger partial charge in [0.15, 0.2) is 10.9 Å². The third-order valence-corrected chi connectivity index (χ3v) is 7.09. The van der Waals surface area contributed by atoms with Crippen LogP contribution in [0, 0.1) is 0 Å². The Kier molecular flexibility index (Phi) is 6.43. The molecule has 2 heterocycles. The molecule has 180 valence electrons. The minimum atomic E-state index is -0.0143. The summed E-state index contributed by atoms with van der Waals surface area (Å²) in [5, 5.41) is 2.59. The number of rotatable bonds is 3. The second kappa shape index (κ2) is 9.82. The van der Waals surface area contributed by atoms with Crippen LogP contribution in [0.2, 0.25) is 0 Å². The summed E-state index contributed by atoms with van der Waals surface area (Å²) in [5.74, 6) is 0.709. The number of aromatic amines is 1. The summed E-state index contributed by atoms with van der Waals surface area (Å²) in [6.45, 7) is 7.24. The van der Waals surface area contributed by atoms with Crippen LogP contribution in [0.4, 0.5) is 0 Å². The van der Waals surface area contributed by atoms with Gasteiger partial charge in [-0.2, -0.15) is 0 Å². The largest absolute Gasteiger partial charge is 0.354 e. The molecule has 36 heavy (non-hydrogen) atoms. The molecule has 0 radical (unpaired) electrons. The zero-order valence-electron chi connectivity index (χ0n) is 20.9. The zero-order valence-corrected chi connectivity index (χ0v) is 20.9. The number of aromatic nitrogens is 2. The number of fused-ring (bicyclic) bond motifs is 4. The summed E-state index contributed by atoms with van der Waals surface area (Å²) in [7, 11) is 0. The van der Waals surface area contributed by atoms with Gasteiger partial charge in [-0.1, -0.05) is 68.4 Å². The van der Waals surface area contributed by atoms with Gasteiger partial charge in [0.25, 0.3) is 0 Å². The van der Waals surface area contributed by atoms with Crippen molar-refractivity contribution in [3.05, 3.63) is 117 Å². The van der Waals surface area contributed by atoms with E-state index in [1.165, 1.54) is 12.0 Å². The summed E-state index contributed by atoms with van der Waals surface area (Å²) in [6.07, 6.45) is 1.23. The van der Waals surface area contributed by atoms with E-state index in [0.29, 0.717) is 39.5 Å². The predicted octanol–water partition coefficient (Wildman–Crippen LogP) is 7.37. The van der Waals surface area contributed by atoms with Gasteiger partial charge in [0.2, 0.25) is 0 Å². The van der Waals surface area contributed by atoms with Crippen molar-refractivity contribution in [1.82, 2.24) is 9.55 Å². The molecule has 0 fully saturated rings. The molecule has 4 nitrogen and oxygen atoms in total. The van der Waals surface area contributed by atoms with Gasteiger partial charge in [-0.3, -0.25) is 9.59 Å². The van der Waals surface area contributed by atoms with Crippen LogP contribution in [-0.4, -0.2) is 9.55 Å². The second-order valence-electron chi connectivity index (χ2n) is 9.23. The van der Waals surface area contributed by atoms with Crippen molar-refractivity contribution in [3.8, 4) is 0 Å². The molecule has 0 aliphatic rings. The van der Waals surface area contributed by atoms with Crippen LogP contribution in [0.5, 0.6) is 0 Å². The SMILES string of the molecule is CCC(C)c1ccccc1.CCn1c2ccccc2c(=O)c2cc3[nH]c4ccccc4c(=O)c3cc21. The molecule has 6 rings (SSSR count). The number of benzene rings is 4. The summed E-state index contributed by atoms with van der Waals surface area (Å²) < 4.78 is 2.10. The Morgan fingerprint density at radius 2 is 1.31 bits per heavy atom. The standard InChI is InChI=1S/C22H16N2O2.C10H14/c1-2-24-19-10-6-4-8-14(19)22(26)16-11-18-15(12-20(16)24)21(25)13-7-3-5-9-17(13)23-18;1-3-9(2)10-7-5-4-6-8-10/h3-12H,2H2,1H3,(H,23,25);4-9H,3H2,1-2H3. The van der Waals surface area contributed by atoms with Gasteiger partial charge in [-0.25, -0.2) is 0 Å². The molecule has 1 unspecified atom stereocenters. The Bertz CT molecular complexity index is 1810. The first-order valence-corrected chi connectivity index (χ1v) is 12.6. The summed E-state index contributed by atoms with van der Waals surface area (Å²) in [4.78, 5) is 29.3. The van der Waals surface area contributed by atoms with E-state index in [9.17, 15) is 9.59 Å². The number of nitrogens with zero attached hydrogens (tertiary/aromatic N) is 1. The maximum Gasteiger partial charge on any atom is 0.197 e. The molecule has 4 heteroatoms. The number of para-hydroxylation sites is 2. The first kappa shape index (κ1) is 23.6. The minimum Gasteiger partial charge on any atom is -0.354 e. The molecule has 0 aliphatic carbocycles. The molecule has 2 aromatic heterocycles. The molecule has 0 amide bonds. The van der Waals surface area contributed by atoms with Crippen molar-refractivity contribution in [2.75, 3.05) is 0 Å². The Morgan fingerprint density at radius 1 is 0.667 bits per heavy atom. The number of aryl methyl sites for hydroxylation is 1. The van der Waals surface area contributed by atoms with E-state index in [1.807, 2.05) is 67.6 Å². The van der Waals surface area contributed by atoms with Gasteiger partial charge in [0.05, 0.1) is 16.6 Å².